The van der Waals surface area contributed by atoms with Gasteiger partial charge < -0.3 is 4.84 Å². The van der Waals surface area contributed by atoms with Crippen LogP contribution in [0.15, 0.2) is 42.5 Å². The largest absolute Gasteiger partial charge is 0.363 e. The van der Waals surface area contributed by atoms with Gasteiger partial charge in [-0.15, -0.1) is 5.06 Å². The fourth-order valence-corrected chi connectivity index (χ4v) is 2.57. The predicted octanol–water partition coefficient (Wildman–Crippen LogP) is 1.71. The van der Waals surface area contributed by atoms with Crippen molar-refractivity contribution in [1.29, 1.82) is 0 Å². The number of rotatable bonds is 2. The van der Waals surface area contributed by atoms with Gasteiger partial charge in [0.05, 0.1) is 17.4 Å². The van der Waals surface area contributed by atoms with E-state index < -0.39 is 29.6 Å². The summed E-state index contributed by atoms with van der Waals surface area (Å²) in [5.41, 5.74) is 0.307. The summed E-state index contributed by atoms with van der Waals surface area (Å²) in [6.07, 6.45) is 4.81. The zero-order valence-corrected chi connectivity index (χ0v) is 10.7. The molecule has 1 aliphatic heterocycles. The third-order valence-electron chi connectivity index (χ3n) is 3.65. The van der Waals surface area contributed by atoms with Crippen LogP contribution in [0.25, 0.3) is 0 Å². The van der Waals surface area contributed by atoms with Gasteiger partial charge >= 0.3 is 5.97 Å². The maximum absolute atomic E-state index is 12.1. The standard InChI is InChI=1S/C15H13NO4/c17-13-11-8-4-5-9-12(11)14(18)16(13)20-15(19)10-6-2-1-3-7-10/h1-7,11-12H,8-9H2. The fraction of sp³-hybridized carbons (Fsp3) is 0.267. The van der Waals surface area contributed by atoms with Gasteiger partial charge in [0.2, 0.25) is 0 Å². The van der Waals surface area contributed by atoms with E-state index in [2.05, 4.69) is 0 Å². The van der Waals surface area contributed by atoms with Gasteiger partial charge in [0.1, 0.15) is 0 Å². The molecular formula is C15H13NO4. The van der Waals surface area contributed by atoms with Gasteiger partial charge in [-0.05, 0) is 25.0 Å². The summed E-state index contributed by atoms with van der Waals surface area (Å²) in [5.74, 6) is -2.33. The van der Waals surface area contributed by atoms with Crippen molar-refractivity contribution in [1.82, 2.24) is 5.06 Å². The zero-order valence-electron chi connectivity index (χ0n) is 10.7. The number of carbonyl (C=O) groups is 3. The molecule has 2 aliphatic rings. The van der Waals surface area contributed by atoms with Gasteiger partial charge in [0.25, 0.3) is 11.8 Å². The molecule has 2 unspecified atom stereocenters. The molecule has 1 heterocycles. The number of hydroxylamine groups is 2. The van der Waals surface area contributed by atoms with Crippen LogP contribution in [0.5, 0.6) is 0 Å². The highest BCUT2D eigenvalue weighted by Crippen LogP contribution is 2.35. The summed E-state index contributed by atoms with van der Waals surface area (Å²) in [4.78, 5) is 41.1. The molecule has 2 atom stereocenters. The van der Waals surface area contributed by atoms with Crippen molar-refractivity contribution < 1.29 is 19.2 Å². The molecule has 20 heavy (non-hydrogen) atoms. The van der Waals surface area contributed by atoms with Gasteiger partial charge in [0, 0.05) is 0 Å². The second kappa shape index (κ2) is 4.92. The van der Waals surface area contributed by atoms with E-state index in [9.17, 15) is 14.4 Å². The number of benzene rings is 1. The van der Waals surface area contributed by atoms with E-state index in [4.69, 9.17) is 4.84 Å². The first-order valence-electron chi connectivity index (χ1n) is 6.48. The van der Waals surface area contributed by atoms with Gasteiger partial charge in [-0.1, -0.05) is 30.4 Å². The monoisotopic (exact) mass is 271 g/mol. The van der Waals surface area contributed by atoms with Gasteiger partial charge in [-0.3, -0.25) is 9.59 Å². The molecule has 2 amide bonds. The van der Waals surface area contributed by atoms with E-state index in [1.165, 1.54) is 0 Å². The van der Waals surface area contributed by atoms with Gasteiger partial charge in [-0.2, -0.15) is 0 Å². The normalized spacial score (nSPS) is 24.7. The van der Waals surface area contributed by atoms with Crippen LogP contribution in [-0.4, -0.2) is 22.8 Å². The van der Waals surface area contributed by atoms with Gasteiger partial charge in [0.15, 0.2) is 0 Å². The van der Waals surface area contributed by atoms with E-state index in [-0.39, 0.29) is 0 Å². The second-order valence-electron chi connectivity index (χ2n) is 4.87. The number of amides is 2. The van der Waals surface area contributed by atoms with E-state index >= 15 is 0 Å². The number of fused-ring (bicyclic) bond motifs is 1. The molecule has 0 N–H and O–H groups in total. The minimum absolute atomic E-state index is 0.307. The Kier molecular flexibility index (Phi) is 3.10. The van der Waals surface area contributed by atoms with Crippen LogP contribution >= 0.6 is 0 Å². The lowest BCUT2D eigenvalue weighted by atomic mass is 9.85. The van der Waals surface area contributed by atoms with Crippen molar-refractivity contribution in [2.75, 3.05) is 0 Å². The maximum atomic E-state index is 12.1. The van der Waals surface area contributed by atoms with Crippen molar-refractivity contribution in [3.8, 4) is 0 Å². The van der Waals surface area contributed by atoms with Crippen LogP contribution in [0.4, 0.5) is 0 Å². The van der Waals surface area contributed by atoms with Crippen molar-refractivity contribution in [3.05, 3.63) is 48.0 Å². The smallest absolute Gasteiger partial charge is 0.325 e. The average molecular weight is 271 g/mol. The highest BCUT2D eigenvalue weighted by Gasteiger charge is 2.49. The Morgan fingerprint density at radius 3 is 2.10 bits per heavy atom. The van der Waals surface area contributed by atoms with Crippen LogP contribution in [0.3, 0.4) is 0 Å². The van der Waals surface area contributed by atoms with Gasteiger partial charge in [-0.25, -0.2) is 4.79 Å². The minimum atomic E-state index is -0.695. The average Bonchev–Trinajstić information content (AvgIpc) is 2.74. The molecule has 1 aliphatic carbocycles. The molecule has 0 radical (unpaired) electrons. The molecular weight excluding hydrogens is 258 g/mol. The molecule has 3 rings (SSSR count). The number of imide groups is 1. The number of hydrogen-bond donors (Lipinski definition) is 0. The minimum Gasteiger partial charge on any atom is -0.325 e. The van der Waals surface area contributed by atoms with Crippen LogP contribution in [-0.2, 0) is 14.4 Å². The first-order chi connectivity index (χ1) is 9.68. The molecule has 0 aromatic heterocycles. The Labute approximate surface area is 115 Å². The quantitative estimate of drug-likeness (QED) is 0.606. The highest BCUT2D eigenvalue weighted by molar-refractivity contribution is 6.05. The first kappa shape index (κ1) is 12.6. The molecule has 102 valence electrons. The summed E-state index contributed by atoms with van der Waals surface area (Å²) in [7, 11) is 0. The molecule has 0 spiro atoms. The third-order valence-corrected chi connectivity index (χ3v) is 3.65. The molecule has 1 saturated heterocycles. The van der Waals surface area contributed by atoms with Crippen molar-refractivity contribution >= 4 is 17.8 Å². The highest BCUT2D eigenvalue weighted by atomic mass is 16.7. The van der Waals surface area contributed by atoms with E-state index in [0.717, 1.165) is 0 Å². The lowest BCUT2D eigenvalue weighted by Gasteiger charge is -2.14. The van der Waals surface area contributed by atoms with E-state index in [0.29, 0.717) is 23.5 Å². The Bertz CT molecular complexity index is 567. The lowest BCUT2D eigenvalue weighted by molar-refractivity contribution is -0.174. The summed E-state index contributed by atoms with van der Waals surface area (Å²) in [6.45, 7) is 0. The number of hydrogen-bond acceptors (Lipinski definition) is 4. The second-order valence-corrected chi connectivity index (χ2v) is 4.87. The topological polar surface area (TPSA) is 63.7 Å². The zero-order chi connectivity index (χ0) is 14.1. The first-order valence-corrected chi connectivity index (χ1v) is 6.48. The van der Waals surface area contributed by atoms with Crippen LogP contribution in [0.1, 0.15) is 23.2 Å². The molecule has 0 bridgehead atoms. The van der Waals surface area contributed by atoms with Crippen molar-refractivity contribution in [2.45, 2.75) is 12.8 Å². The molecule has 5 heteroatoms. The SMILES string of the molecule is O=C(ON1C(=O)C2CC=CCC2C1=O)c1ccccc1. The molecule has 1 aromatic rings. The van der Waals surface area contributed by atoms with E-state index in [1.54, 1.807) is 30.3 Å². The Balaban J connectivity index is 1.77. The summed E-state index contributed by atoms with van der Waals surface area (Å²) in [5, 5.41) is 0.637. The fourth-order valence-electron chi connectivity index (χ4n) is 2.57. The molecule has 1 fully saturated rings. The summed E-state index contributed by atoms with van der Waals surface area (Å²) < 4.78 is 0. The van der Waals surface area contributed by atoms with Crippen molar-refractivity contribution in [3.63, 3.8) is 0 Å². The van der Waals surface area contributed by atoms with Crippen LogP contribution in [0.2, 0.25) is 0 Å². The molecule has 0 saturated carbocycles. The number of carbonyl (C=O) groups excluding carboxylic acids is 3. The Hall–Kier alpha value is -2.43. The lowest BCUT2D eigenvalue weighted by Crippen LogP contribution is -2.33. The van der Waals surface area contributed by atoms with Crippen LogP contribution < -0.4 is 0 Å². The Morgan fingerprint density at radius 2 is 1.55 bits per heavy atom. The molecule has 5 nitrogen and oxygen atoms in total. The maximum Gasteiger partial charge on any atom is 0.363 e. The van der Waals surface area contributed by atoms with E-state index in [1.807, 2.05) is 12.2 Å². The van der Waals surface area contributed by atoms with Crippen molar-refractivity contribution in [2.24, 2.45) is 11.8 Å². The number of nitrogens with zero attached hydrogens (tertiary/aromatic N) is 1. The van der Waals surface area contributed by atoms with Crippen LogP contribution in [0, 0.1) is 11.8 Å². The Morgan fingerprint density at radius 1 is 1.00 bits per heavy atom. The molecule has 1 aromatic carbocycles. The summed E-state index contributed by atoms with van der Waals surface area (Å²) in [6, 6.07) is 8.29. The summed E-state index contributed by atoms with van der Waals surface area (Å²) >= 11 is 0. The predicted molar refractivity (Wildman–Crippen MR) is 69.1 cm³/mol. The number of allylic oxidation sites excluding steroid dienone is 2. The third kappa shape index (κ3) is 2.01.